The smallest absolute Gasteiger partial charge is 0.126 e. The van der Waals surface area contributed by atoms with Crippen molar-refractivity contribution in [3.8, 4) is 0 Å². The Morgan fingerprint density at radius 3 is 3.13 bits per heavy atom. The molecule has 0 atom stereocenters. The number of pyridine rings is 1. The van der Waals surface area contributed by atoms with Gasteiger partial charge in [0.15, 0.2) is 0 Å². The van der Waals surface area contributed by atoms with Crippen molar-refractivity contribution in [3.63, 3.8) is 0 Å². The number of nitrogens with one attached hydrogen (secondary N) is 1. The number of hydrogen-bond donors (Lipinski definition) is 1. The summed E-state index contributed by atoms with van der Waals surface area (Å²) >= 11 is 1.96. The van der Waals surface area contributed by atoms with Gasteiger partial charge in [-0.25, -0.2) is 4.98 Å². The number of anilines is 1. The van der Waals surface area contributed by atoms with Crippen LogP contribution in [0.2, 0.25) is 0 Å². The average Bonchev–Trinajstić information content (AvgIpc) is 2.16. The zero-order chi connectivity index (χ0) is 10.5. The van der Waals surface area contributed by atoms with Gasteiger partial charge >= 0.3 is 0 Å². The summed E-state index contributed by atoms with van der Waals surface area (Å²) in [6, 6.07) is 4.20. The molecular formula is C11H16N2OS. The summed E-state index contributed by atoms with van der Waals surface area (Å²) in [5, 5.41) is 3.91. The normalized spacial score (nSPS) is 16.1. The lowest BCUT2D eigenvalue weighted by atomic mass is 10.3. The van der Waals surface area contributed by atoms with E-state index in [2.05, 4.69) is 29.4 Å². The molecule has 2 rings (SSSR count). The molecule has 1 aliphatic heterocycles. The Labute approximate surface area is 94.6 Å². The molecule has 0 unspecified atom stereocenters. The van der Waals surface area contributed by atoms with Gasteiger partial charge in [-0.2, -0.15) is 0 Å². The van der Waals surface area contributed by atoms with Gasteiger partial charge in [0, 0.05) is 18.5 Å². The van der Waals surface area contributed by atoms with Crippen LogP contribution in [0.15, 0.2) is 18.3 Å². The summed E-state index contributed by atoms with van der Waals surface area (Å²) in [4.78, 5) is 4.25. The van der Waals surface area contributed by atoms with Crippen LogP contribution in [-0.4, -0.2) is 30.0 Å². The van der Waals surface area contributed by atoms with E-state index in [9.17, 15) is 0 Å². The van der Waals surface area contributed by atoms with Gasteiger partial charge < -0.3 is 10.1 Å². The minimum Gasteiger partial charge on any atom is -0.379 e. The van der Waals surface area contributed by atoms with Crippen molar-refractivity contribution >= 4 is 17.6 Å². The van der Waals surface area contributed by atoms with Gasteiger partial charge in [-0.15, -0.1) is 11.8 Å². The Morgan fingerprint density at radius 1 is 1.60 bits per heavy atom. The highest BCUT2D eigenvalue weighted by molar-refractivity contribution is 7.99. The van der Waals surface area contributed by atoms with E-state index in [1.165, 1.54) is 5.56 Å². The molecule has 2 heterocycles. The fraction of sp³-hybridized carbons (Fsp3) is 0.545. The van der Waals surface area contributed by atoms with E-state index in [0.29, 0.717) is 5.25 Å². The van der Waals surface area contributed by atoms with E-state index in [-0.39, 0.29) is 0 Å². The molecule has 3 nitrogen and oxygen atoms in total. The van der Waals surface area contributed by atoms with E-state index in [1.807, 2.05) is 18.0 Å². The first-order valence-electron chi connectivity index (χ1n) is 5.26. The summed E-state index contributed by atoms with van der Waals surface area (Å²) in [7, 11) is 0. The van der Waals surface area contributed by atoms with Crippen molar-refractivity contribution in [1.29, 1.82) is 0 Å². The molecule has 0 bridgehead atoms. The second-order valence-electron chi connectivity index (χ2n) is 3.55. The SMILES string of the molecule is CCNc1cc(CSC2COC2)ccn1. The second kappa shape index (κ2) is 5.37. The van der Waals surface area contributed by atoms with Gasteiger partial charge in [0.25, 0.3) is 0 Å². The predicted octanol–water partition coefficient (Wildman–Crippen LogP) is 2.15. The Kier molecular flexibility index (Phi) is 3.86. The van der Waals surface area contributed by atoms with Gasteiger partial charge in [0.05, 0.1) is 18.5 Å². The van der Waals surface area contributed by atoms with E-state index in [4.69, 9.17) is 4.74 Å². The predicted molar refractivity (Wildman–Crippen MR) is 64.3 cm³/mol. The number of nitrogens with zero attached hydrogens (tertiary/aromatic N) is 1. The van der Waals surface area contributed by atoms with Crippen LogP contribution in [0, 0.1) is 0 Å². The third-order valence-electron chi connectivity index (χ3n) is 2.28. The van der Waals surface area contributed by atoms with E-state index >= 15 is 0 Å². The second-order valence-corrected chi connectivity index (χ2v) is 4.84. The van der Waals surface area contributed by atoms with Gasteiger partial charge in [-0.3, -0.25) is 0 Å². The molecule has 0 aromatic carbocycles. The van der Waals surface area contributed by atoms with Gasteiger partial charge in [0.1, 0.15) is 5.82 Å². The molecule has 1 saturated heterocycles. The van der Waals surface area contributed by atoms with Crippen LogP contribution < -0.4 is 5.32 Å². The van der Waals surface area contributed by atoms with E-state index < -0.39 is 0 Å². The highest BCUT2D eigenvalue weighted by Gasteiger charge is 2.18. The lowest BCUT2D eigenvalue weighted by Gasteiger charge is -2.25. The van der Waals surface area contributed by atoms with Gasteiger partial charge in [0.2, 0.25) is 0 Å². The molecule has 0 radical (unpaired) electrons. The Hall–Kier alpha value is -0.740. The highest BCUT2D eigenvalue weighted by Crippen LogP contribution is 2.23. The lowest BCUT2D eigenvalue weighted by molar-refractivity contribution is 0.0455. The number of rotatable bonds is 5. The molecule has 0 aliphatic carbocycles. The minimum atomic E-state index is 0.695. The summed E-state index contributed by atoms with van der Waals surface area (Å²) in [6.45, 7) is 4.82. The van der Waals surface area contributed by atoms with Gasteiger partial charge in [-0.1, -0.05) is 0 Å². The van der Waals surface area contributed by atoms with Crippen LogP contribution in [0.25, 0.3) is 0 Å². The molecule has 82 valence electrons. The first-order chi connectivity index (χ1) is 7.38. The summed E-state index contributed by atoms with van der Waals surface area (Å²) in [5.41, 5.74) is 1.33. The van der Waals surface area contributed by atoms with Crippen LogP contribution in [0.5, 0.6) is 0 Å². The third-order valence-corrected chi connectivity index (χ3v) is 3.52. The maximum atomic E-state index is 5.14. The number of thioether (sulfide) groups is 1. The first-order valence-corrected chi connectivity index (χ1v) is 6.31. The van der Waals surface area contributed by atoms with Crippen LogP contribution in [-0.2, 0) is 10.5 Å². The molecule has 1 N–H and O–H groups in total. The molecule has 15 heavy (non-hydrogen) atoms. The molecule has 1 aromatic heterocycles. The number of aromatic nitrogens is 1. The Morgan fingerprint density at radius 2 is 2.47 bits per heavy atom. The topological polar surface area (TPSA) is 34.1 Å². The van der Waals surface area contributed by atoms with Crippen LogP contribution in [0.4, 0.5) is 5.82 Å². The van der Waals surface area contributed by atoms with E-state index in [0.717, 1.165) is 31.3 Å². The van der Waals surface area contributed by atoms with Crippen molar-refractivity contribution in [2.75, 3.05) is 25.1 Å². The van der Waals surface area contributed by atoms with Crippen molar-refractivity contribution in [1.82, 2.24) is 4.98 Å². The first kappa shape index (κ1) is 10.8. The van der Waals surface area contributed by atoms with Crippen molar-refractivity contribution < 1.29 is 4.74 Å². The zero-order valence-electron chi connectivity index (χ0n) is 8.90. The van der Waals surface area contributed by atoms with Crippen molar-refractivity contribution in [2.24, 2.45) is 0 Å². The van der Waals surface area contributed by atoms with Crippen molar-refractivity contribution in [3.05, 3.63) is 23.9 Å². The van der Waals surface area contributed by atoms with Crippen LogP contribution in [0.1, 0.15) is 12.5 Å². The molecule has 4 heteroatoms. The summed E-state index contributed by atoms with van der Waals surface area (Å²) in [6.07, 6.45) is 1.87. The van der Waals surface area contributed by atoms with E-state index in [1.54, 1.807) is 0 Å². The summed E-state index contributed by atoms with van der Waals surface area (Å²) < 4.78 is 5.14. The fourth-order valence-corrected chi connectivity index (χ4v) is 2.36. The Balaban J connectivity index is 1.86. The highest BCUT2D eigenvalue weighted by atomic mass is 32.2. The standard InChI is InChI=1S/C11H16N2OS/c1-2-12-11-5-9(3-4-13-11)8-15-10-6-14-7-10/h3-5,10H,2,6-8H2,1H3,(H,12,13). The molecule has 1 aromatic rings. The molecule has 0 spiro atoms. The number of hydrogen-bond acceptors (Lipinski definition) is 4. The fourth-order valence-electron chi connectivity index (χ4n) is 1.37. The summed E-state index contributed by atoms with van der Waals surface area (Å²) in [5.74, 6) is 2.02. The van der Waals surface area contributed by atoms with Crippen LogP contribution in [0.3, 0.4) is 0 Å². The average molecular weight is 224 g/mol. The number of ether oxygens (including phenoxy) is 1. The van der Waals surface area contributed by atoms with Crippen LogP contribution >= 0.6 is 11.8 Å². The largest absolute Gasteiger partial charge is 0.379 e. The maximum Gasteiger partial charge on any atom is 0.126 e. The molecule has 0 amide bonds. The van der Waals surface area contributed by atoms with Crippen molar-refractivity contribution in [2.45, 2.75) is 17.9 Å². The maximum absolute atomic E-state index is 5.14. The zero-order valence-corrected chi connectivity index (χ0v) is 9.72. The molecular weight excluding hydrogens is 208 g/mol. The monoisotopic (exact) mass is 224 g/mol. The molecule has 1 aliphatic rings. The molecule has 0 saturated carbocycles. The molecule has 1 fully saturated rings. The minimum absolute atomic E-state index is 0.695. The van der Waals surface area contributed by atoms with Gasteiger partial charge in [-0.05, 0) is 24.6 Å². The third kappa shape index (κ3) is 3.11. The quantitative estimate of drug-likeness (QED) is 0.831. The Bertz CT molecular complexity index is 315. The lowest BCUT2D eigenvalue weighted by Crippen LogP contribution is -2.30.